The predicted octanol–water partition coefficient (Wildman–Crippen LogP) is 3.12. The molecule has 0 unspecified atom stereocenters. The zero-order valence-electron chi connectivity index (χ0n) is 16.1. The molecule has 2 aromatic carbocycles. The molecule has 0 atom stereocenters. The molecule has 3 rings (SSSR count). The van der Waals surface area contributed by atoms with Gasteiger partial charge in [-0.3, -0.25) is 14.4 Å². The van der Waals surface area contributed by atoms with Gasteiger partial charge in [0.2, 0.25) is 5.91 Å². The molecule has 154 valence electrons. The third-order valence-electron chi connectivity index (χ3n) is 4.17. The molecule has 0 spiro atoms. The number of para-hydroxylation sites is 1. The highest BCUT2D eigenvalue weighted by atomic mass is 32.1. The lowest BCUT2D eigenvalue weighted by molar-refractivity contribution is -0.117. The van der Waals surface area contributed by atoms with Gasteiger partial charge in [0.05, 0.1) is 16.9 Å². The maximum atomic E-state index is 13.1. The van der Waals surface area contributed by atoms with Gasteiger partial charge in [-0.15, -0.1) is 11.3 Å². The van der Waals surface area contributed by atoms with E-state index in [1.54, 1.807) is 43.3 Å². The van der Waals surface area contributed by atoms with Crippen molar-refractivity contribution in [2.45, 2.75) is 13.3 Å². The molecule has 0 fully saturated rings. The number of carbonyl (C=O) groups excluding carboxylic acids is 3. The minimum Gasteiger partial charge on any atom is -0.370 e. The van der Waals surface area contributed by atoms with E-state index in [9.17, 15) is 18.8 Å². The number of primary amides is 1. The number of amides is 3. The number of nitrogens with zero attached hydrogens (tertiary/aromatic N) is 1. The second kappa shape index (κ2) is 9.27. The van der Waals surface area contributed by atoms with Crippen LogP contribution in [0.15, 0.2) is 48.5 Å². The lowest BCUT2D eigenvalue weighted by Crippen LogP contribution is -2.28. The van der Waals surface area contributed by atoms with E-state index in [4.69, 9.17) is 5.73 Å². The lowest BCUT2D eigenvalue weighted by Gasteiger charge is -2.10. The number of nitrogens with one attached hydrogen (secondary N) is 2. The van der Waals surface area contributed by atoms with Crippen molar-refractivity contribution in [2.75, 3.05) is 11.9 Å². The number of hydrogen-bond donors (Lipinski definition) is 3. The highest BCUT2D eigenvalue weighted by molar-refractivity contribution is 7.17. The summed E-state index contributed by atoms with van der Waals surface area (Å²) >= 11 is 1.18. The van der Waals surface area contributed by atoms with Crippen molar-refractivity contribution < 1.29 is 18.8 Å². The second-order valence-corrected chi connectivity index (χ2v) is 7.41. The summed E-state index contributed by atoms with van der Waals surface area (Å²) in [6, 6.07) is 12.4. The number of anilines is 1. The minimum absolute atomic E-state index is 0.0203. The molecule has 0 aliphatic heterocycles. The Bertz CT molecular complexity index is 1100. The van der Waals surface area contributed by atoms with Gasteiger partial charge in [-0.25, -0.2) is 9.37 Å². The Morgan fingerprint density at radius 2 is 1.77 bits per heavy atom. The average Bonchev–Trinajstić information content (AvgIpc) is 3.10. The topological polar surface area (TPSA) is 114 Å². The molecule has 4 N–H and O–H groups in total. The summed E-state index contributed by atoms with van der Waals surface area (Å²) in [6.07, 6.45) is 0.0203. The van der Waals surface area contributed by atoms with Crippen molar-refractivity contribution >= 4 is 34.7 Å². The average molecular weight is 426 g/mol. The van der Waals surface area contributed by atoms with Crippen LogP contribution in [0.5, 0.6) is 0 Å². The van der Waals surface area contributed by atoms with Crippen LogP contribution in [0.2, 0.25) is 0 Å². The summed E-state index contributed by atoms with van der Waals surface area (Å²) in [5.41, 5.74) is 6.90. The van der Waals surface area contributed by atoms with Crippen LogP contribution in [-0.2, 0) is 4.79 Å². The molecule has 0 bridgehead atoms. The molecule has 9 heteroatoms. The van der Waals surface area contributed by atoms with Crippen LogP contribution in [-0.4, -0.2) is 29.3 Å². The van der Waals surface area contributed by atoms with Gasteiger partial charge in [-0.05, 0) is 43.3 Å². The Kier molecular flexibility index (Phi) is 6.53. The van der Waals surface area contributed by atoms with Gasteiger partial charge in [0.25, 0.3) is 11.8 Å². The van der Waals surface area contributed by atoms with E-state index in [1.165, 1.54) is 23.5 Å². The molecule has 0 saturated carbocycles. The van der Waals surface area contributed by atoms with Crippen LogP contribution in [0.1, 0.15) is 32.1 Å². The lowest BCUT2D eigenvalue weighted by atomic mass is 10.1. The number of carbonyl (C=O) groups is 3. The van der Waals surface area contributed by atoms with Crippen molar-refractivity contribution in [3.05, 3.63) is 70.5 Å². The van der Waals surface area contributed by atoms with Crippen LogP contribution < -0.4 is 16.4 Å². The van der Waals surface area contributed by atoms with Crippen LogP contribution in [0.25, 0.3) is 10.6 Å². The summed E-state index contributed by atoms with van der Waals surface area (Å²) in [5.74, 6) is -1.71. The molecule has 1 aromatic heterocycles. The summed E-state index contributed by atoms with van der Waals surface area (Å²) < 4.78 is 13.1. The Labute approximate surface area is 176 Å². The Hall–Kier alpha value is -3.59. The number of rotatable bonds is 7. The largest absolute Gasteiger partial charge is 0.370 e. The van der Waals surface area contributed by atoms with Crippen LogP contribution in [0, 0.1) is 12.7 Å². The zero-order valence-corrected chi connectivity index (χ0v) is 16.9. The predicted molar refractivity (Wildman–Crippen MR) is 113 cm³/mol. The third-order valence-corrected chi connectivity index (χ3v) is 5.38. The van der Waals surface area contributed by atoms with Crippen LogP contribution >= 0.6 is 11.3 Å². The number of aryl methyl sites for hydroxylation is 1. The first kappa shape index (κ1) is 21.1. The monoisotopic (exact) mass is 426 g/mol. The summed E-state index contributed by atoms with van der Waals surface area (Å²) in [4.78, 5) is 40.8. The van der Waals surface area contributed by atoms with E-state index in [0.29, 0.717) is 26.8 Å². The van der Waals surface area contributed by atoms with Crippen molar-refractivity contribution in [2.24, 2.45) is 5.73 Å². The van der Waals surface area contributed by atoms with Gasteiger partial charge < -0.3 is 16.4 Å². The zero-order chi connectivity index (χ0) is 21.7. The van der Waals surface area contributed by atoms with Crippen molar-refractivity contribution in [1.82, 2.24) is 10.3 Å². The molecule has 0 aliphatic rings. The van der Waals surface area contributed by atoms with E-state index in [1.807, 2.05) is 0 Å². The standard InChI is InChI=1S/C21H19FN4O3S/c1-12-18(30-21(25-12)13-6-8-14(22)9-7-13)20(29)26-16-5-3-2-4-15(16)19(28)24-11-10-17(23)27/h2-9H,10-11H2,1H3,(H2,23,27)(H,24,28)(H,26,29). The normalized spacial score (nSPS) is 10.5. The number of benzene rings is 2. The first-order chi connectivity index (χ1) is 14.3. The molecule has 3 amide bonds. The molecule has 0 aliphatic carbocycles. The SMILES string of the molecule is Cc1nc(-c2ccc(F)cc2)sc1C(=O)Nc1ccccc1C(=O)NCCC(N)=O. The second-order valence-electron chi connectivity index (χ2n) is 6.41. The Morgan fingerprint density at radius 3 is 2.47 bits per heavy atom. The number of hydrogen-bond acceptors (Lipinski definition) is 5. The molecule has 7 nitrogen and oxygen atoms in total. The summed E-state index contributed by atoms with van der Waals surface area (Å²) in [6.45, 7) is 1.81. The Balaban J connectivity index is 1.77. The fraction of sp³-hybridized carbons (Fsp3) is 0.143. The highest BCUT2D eigenvalue weighted by Gasteiger charge is 2.19. The van der Waals surface area contributed by atoms with Gasteiger partial charge in [0, 0.05) is 18.5 Å². The van der Waals surface area contributed by atoms with Gasteiger partial charge >= 0.3 is 0 Å². The molecule has 0 saturated heterocycles. The first-order valence-electron chi connectivity index (χ1n) is 9.05. The molecule has 1 heterocycles. The van der Waals surface area contributed by atoms with E-state index in [-0.39, 0.29) is 24.3 Å². The molecule has 30 heavy (non-hydrogen) atoms. The van der Waals surface area contributed by atoms with E-state index in [0.717, 1.165) is 0 Å². The smallest absolute Gasteiger partial charge is 0.267 e. The number of halogens is 1. The maximum Gasteiger partial charge on any atom is 0.267 e. The van der Waals surface area contributed by atoms with Crippen LogP contribution in [0.4, 0.5) is 10.1 Å². The minimum atomic E-state index is -0.519. The summed E-state index contributed by atoms with van der Waals surface area (Å²) in [7, 11) is 0. The quantitative estimate of drug-likeness (QED) is 0.538. The maximum absolute atomic E-state index is 13.1. The molecule has 3 aromatic rings. The van der Waals surface area contributed by atoms with Gasteiger partial charge in [-0.2, -0.15) is 0 Å². The third kappa shape index (κ3) is 5.06. The number of aromatic nitrogens is 1. The van der Waals surface area contributed by atoms with Crippen molar-refractivity contribution in [1.29, 1.82) is 0 Å². The van der Waals surface area contributed by atoms with Gasteiger partial charge in [0.1, 0.15) is 15.7 Å². The molecular formula is C21H19FN4O3S. The van der Waals surface area contributed by atoms with Crippen molar-refractivity contribution in [3.8, 4) is 10.6 Å². The van der Waals surface area contributed by atoms with Gasteiger partial charge in [0.15, 0.2) is 0 Å². The fourth-order valence-electron chi connectivity index (χ4n) is 2.69. The molecule has 0 radical (unpaired) electrons. The highest BCUT2D eigenvalue weighted by Crippen LogP contribution is 2.29. The number of thiazole rings is 1. The van der Waals surface area contributed by atoms with E-state index < -0.39 is 17.7 Å². The van der Waals surface area contributed by atoms with E-state index in [2.05, 4.69) is 15.6 Å². The number of nitrogens with two attached hydrogens (primary N) is 1. The van der Waals surface area contributed by atoms with Crippen LogP contribution in [0.3, 0.4) is 0 Å². The fourth-order valence-corrected chi connectivity index (χ4v) is 3.65. The first-order valence-corrected chi connectivity index (χ1v) is 9.87. The van der Waals surface area contributed by atoms with E-state index >= 15 is 0 Å². The van der Waals surface area contributed by atoms with Gasteiger partial charge in [-0.1, -0.05) is 12.1 Å². The Morgan fingerprint density at radius 1 is 1.07 bits per heavy atom. The van der Waals surface area contributed by atoms with Crippen molar-refractivity contribution in [3.63, 3.8) is 0 Å². The summed E-state index contributed by atoms with van der Waals surface area (Å²) in [5, 5.41) is 5.93. The molecular weight excluding hydrogens is 407 g/mol.